The standard InChI is InChI=1S/C18H24N2/c1-13-4-5-14-12-15(6-9-17(14)20-13)18(2,3)10-11-19-16-7-8-16/h4-6,9,12,16,19H,7-8,10-11H2,1-3H3. The molecule has 1 aromatic carbocycles. The van der Waals surface area contributed by atoms with Crippen LogP contribution in [0.2, 0.25) is 0 Å². The predicted molar refractivity (Wildman–Crippen MR) is 85.1 cm³/mol. The maximum Gasteiger partial charge on any atom is 0.0705 e. The molecule has 0 radical (unpaired) electrons. The monoisotopic (exact) mass is 268 g/mol. The summed E-state index contributed by atoms with van der Waals surface area (Å²) in [5.74, 6) is 0. The van der Waals surface area contributed by atoms with Gasteiger partial charge in [0.05, 0.1) is 5.52 Å². The third kappa shape index (κ3) is 3.01. The highest BCUT2D eigenvalue weighted by molar-refractivity contribution is 5.79. The van der Waals surface area contributed by atoms with Crippen LogP contribution in [0.15, 0.2) is 30.3 Å². The Morgan fingerprint density at radius 1 is 1.20 bits per heavy atom. The molecular formula is C18H24N2. The molecule has 1 aromatic heterocycles. The van der Waals surface area contributed by atoms with Crippen molar-refractivity contribution >= 4 is 10.9 Å². The van der Waals surface area contributed by atoms with Crippen molar-refractivity contribution in [1.29, 1.82) is 0 Å². The van der Waals surface area contributed by atoms with Gasteiger partial charge in [0.15, 0.2) is 0 Å². The van der Waals surface area contributed by atoms with Crippen molar-refractivity contribution < 1.29 is 0 Å². The van der Waals surface area contributed by atoms with E-state index in [0.29, 0.717) is 0 Å². The van der Waals surface area contributed by atoms with Gasteiger partial charge in [-0.15, -0.1) is 0 Å². The van der Waals surface area contributed by atoms with Crippen LogP contribution in [0, 0.1) is 6.92 Å². The van der Waals surface area contributed by atoms with Crippen molar-refractivity contribution in [2.45, 2.75) is 51.5 Å². The minimum absolute atomic E-state index is 0.209. The quantitative estimate of drug-likeness (QED) is 0.887. The molecule has 1 aliphatic rings. The van der Waals surface area contributed by atoms with E-state index in [1.807, 2.05) is 6.92 Å². The van der Waals surface area contributed by atoms with Crippen LogP contribution in [0.1, 0.15) is 44.4 Å². The molecule has 1 saturated carbocycles. The third-order valence-electron chi connectivity index (χ3n) is 4.37. The minimum atomic E-state index is 0.209. The molecule has 2 nitrogen and oxygen atoms in total. The van der Waals surface area contributed by atoms with Crippen LogP contribution in [0.5, 0.6) is 0 Å². The van der Waals surface area contributed by atoms with Gasteiger partial charge in [0, 0.05) is 17.1 Å². The van der Waals surface area contributed by atoms with Gasteiger partial charge in [0.1, 0.15) is 0 Å². The second-order valence-corrected chi connectivity index (χ2v) is 6.72. The Labute approximate surface area is 121 Å². The lowest BCUT2D eigenvalue weighted by molar-refractivity contribution is 0.456. The Morgan fingerprint density at radius 2 is 2.00 bits per heavy atom. The largest absolute Gasteiger partial charge is 0.314 e. The van der Waals surface area contributed by atoms with E-state index in [9.17, 15) is 0 Å². The van der Waals surface area contributed by atoms with Crippen LogP contribution in [-0.4, -0.2) is 17.6 Å². The topological polar surface area (TPSA) is 24.9 Å². The lowest BCUT2D eigenvalue weighted by atomic mass is 9.81. The number of rotatable bonds is 5. The van der Waals surface area contributed by atoms with Gasteiger partial charge < -0.3 is 5.32 Å². The van der Waals surface area contributed by atoms with Crippen molar-refractivity contribution in [2.24, 2.45) is 0 Å². The molecule has 0 aliphatic heterocycles. The molecule has 0 bridgehead atoms. The molecule has 0 atom stereocenters. The Bertz CT molecular complexity index is 612. The van der Waals surface area contributed by atoms with E-state index in [1.165, 1.54) is 30.2 Å². The number of nitrogens with zero attached hydrogens (tertiary/aromatic N) is 1. The first kappa shape index (κ1) is 13.6. The third-order valence-corrected chi connectivity index (χ3v) is 4.37. The Hall–Kier alpha value is -1.41. The molecule has 20 heavy (non-hydrogen) atoms. The fourth-order valence-electron chi connectivity index (χ4n) is 2.67. The van der Waals surface area contributed by atoms with Crippen LogP contribution in [0.4, 0.5) is 0 Å². The Kier molecular flexibility index (Phi) is 3.51. The van der Waals surface area contributed by atoms with E-state index in [1.54, 1.807) is 0 Å². The Morgan fingerprint density at radius 3 is 2.75 bits per heavy atom. The van der Waals surface area contributed by atoms with Gasteiger partial charge in [0.2, 0.25) is 0 Å². The molecule has 0 saturated heterocycles. The summed E-state index contributed by atoms with van der Waals surface area (Å²) in [5, 5.41) is 4.86. The summed E-state index contributed by atoms with van der Waals surface area (Å²) < 4.78 is 0. The van der Waals surface area contributed by atoms with Crippen molar-refractivity contribution in [3.8, 4) is 0 Å². The Balaban J connectivity index is 1.78. The van der Waals surface area contributed by atoms with E-state index < -0.39 is 0 Å². The molecule has 2 aromatic rings. The summed E-state index contributed by atoms with van der Waals surface area (Å²) in [6.07, 6.45) is 3.90. The fourth-order valence-corrected chi connectivity index (χ4v) is 2.67. The smallest absolute Gasteiger partial charge is 0.0705 e. The number of pyridine rings is 1. The van der Waals surface area contributed by atoms with E-state index in [4.69, 9.17) is 0 Å². The molecule has 1 heterocycles. The lowest BCUT2D eigenvalue weighted by Crippen LogP contribution is -2.26. The maximum atomic E-state index is 4.58. The highest BCUT2D eigenvalue weighted by Gasteiger charge is 2.24. The highest BCUT2D eigenvalue weighted by atomic mass is 14.9. The number of hydrogen-bond acceptors (Lipinski definition) is 2. The molecule has 1 aliphatic carbocycles. The van der Waals surface area contributed by atoms with E-state index in [2.05, 4.69) is 54.5 Å². The zero-order valence-corrected chi connectivity index (χ0v) is 12.7. The number of aromatic nitrogens is 1. The number of hydrogen-bond donors (Lipinski definition) is 1. The highest BCUT2D eigenvalue weighted by Crippen LogP contribution is 2.29. The van der Waals surface area contributed by atoms with Crippen LogP contribution in [0.3, 0.4) is 0 Å². The molecular weight excluding hydrogens is 244 g/mol. The SMILES string of the molecule is Cc1ccc2cc(C(C)(C)CCNC3CC3)ccc2n1. The first-order chi connectivity index (χ1) is 9.54. The van der Waals surface area contributed by atoms with Crippen LogP contribution >= 0.6 is 0 Å². The molecule has 106 valence electrons. The predicted octanol–water partition coefficient (Wildman–Crippen LogP) is 3.96. The first-order valence-corrected chi connectivity index (χ1v) is 7.66. The van der Waals surface area contributed by atoms with Gasteiger partial charge in [-0.05, 0) is 61.9 Å². The molecule has 1 fully saturated rings. The van der Waals surface area contributed by atoms with Gasteiger partial charge in [-0.1, -0.05) is 26.0 Å². The maximum absolute atomic E-state index is 4.58. The minimum Gasteiger partial charge on any atom is -0.314 e. The average molecular weight is 268 g/mol. The fraction of sp³-hybridized carbons (Fsp3) is 0.500. The summed E-state index contributed by atoms with van der Waals surface area (Å²) >= 11 is 0. The summed E-state index contributed by atoms with van der Waals surface area (Å²) in [4.78, 5) is 4.58. The summed E-state index contributed by atoms with van der Waals surface area (Å²) in [6.45, 7) is 7.83. The van der Waals surface area contributed by atoms with Gasteiger partial charge >= 0.3 is 0 Å². The second-order valence-electron chi connectivity index (χ2n) is 6.72. The average Bonchev–Trinajstić information content (AvgIpc) is 3.22. The van der Waals surface area contributed by atoms with Gasteiger partial charge in [0.25, 0.3) is 0 Å². The van der Waals surface area contributed by atoms with Crippen LogP contribution in [-0.2, 0) is 5.41 Å². The van der Waals surface area contributed by atoms with Crippen LogP contribution in [0.25, 0.3) is 10.9 Å². The van der Waals surface area contributed by atoms with Crippen molar-refractivity contribution in [1.82, 2.24) is 10.3 Å². The molecule has 0 spiro atoms. The van der Waals surface area contributed by atoms with Gasteiger partial charge in [-0.25, -0.2) is 0 Å². The first-order valence-electron chi connectivity index (χ1n) is 7.66. The van der Waals surface area contributed by atoms with Gasteiger partial charge in [-0.2, -0.15) is 0 Å². The number of nitrogens with one attached hydrogen (secondary N) is 1. The summed E-state index contributed by atoms with van der Waals surface area (Å²) in [7, 11) is 0. The number of aryl methyl sites for hydroxylation is 1. The second kappa shape index (κ2) is 5.17. The molecule has 0 unspecified atom stereocenters. The molecule has 1 N–H and O–H groups in total. The molecule has 3 rings (SSSR count). The normalized spacial score (nSPS) is 15.8. The van der Waals surface area contributed by atoms with Crippen molar-refractivity contribution in [2.75, 3.05) is 6.54 Å². The zero-order chi connectivity index (χ0) is 14.2. The van der Waals surface area contributed by atoms with Gasteiger partial charge in [-0.3, -0.25) is 4.98 Å². The van der Waals surface area contributed by atoms with E-state index >= 15 is 0 Å². The van der Waals surface area contributed by atoms with E-state index in [0.717, 1.165) is 23.8 Å². The molecule has 0 amide bonds. The van der Waals surface area contributed by atoms with Crippen molar-refractivity contribution in [3.63, 3.8) is 0 Å². The lowest BCUT2D eigenvalue weighted by Gasteiger charge is -2.26. The summed E-state index contributed by atoms with van der Waals surface area (Å²) in [5.41, 5.74) is 3.80. The van der Waals surface area contributed by atoms with E-state index in [-0.39, 0.29) is 5.41 Å². The summed E-state index contributed by atoms with van der Waals surface area (Å²) in [6, 6.07) is 11.8. The molecule has 2 heteroatoms. The van der Waals surface area contributed by atoms with Crippen LogP contribution < -0.4 is 5.32 Å². The van der Waals surface area contributed by atoms with Crippen molar-refractivity contribution in [3.05, 3.63) is 41.6 Å². The number of fused-ring (bicyclic) bond motifs is 1. The zero-order valence-electron chi connectivity index (χ0n) is 12.7. The number of benzene rings is 1.